The molecule has 0 unspecified atom stereocenters. The third-order valence-electron chi connectivity index (χ3n) is 4.65. The molecular formula is C12H13IN4O3. The fourth-order valence-corrected chi connectivity index (χ4v) is 4.20. The molecule has 0 aromatic carbocycles. The van der Waals surface area contributed by atoms with Gasteiger partial charge in [0.2, 0.25) is 0 Å². The molecule has 3 heterocycles. The smallest absolute Gasteiger partial charge is 0.319 e. The fourth-order valence-electron chi connectivity index (χ4n) is 3.61. The van der Waals surface area contributed by atoms with Gasteiger partial charge in [-0.05, 0) is 28.7 Å². The van der Waals surface area contributed by atoms with Crippen LogP contribution in [0.3, 0.4) is 0 Å². The SMILES string of the molecule is CN1C(=O)N[C@H]2[C@@H]3NC(=O)c4cc(I)cn4[C@@H]3C[C@]21O. The number of hydrogen-bond donors (Lipinski definition) is 3. The summed E-state index contributed by atoms with van der Waals surface area (Å²) in [6, 6.07) is 0.689. The number of urea groups is 1. The highest BCUT2D eigenvalue weighted by Crippen LogP contribution is 2.45. The third kappa shape index (κ3) is 1.33. The standard InChI is InChI=1S/C12H13IN4O3/c1-16-11(19)15-9-8-7(3-12(9,16)20)17-4-5(13)2-6(17)10(18)14-8/h2,4,7-9,20H,3H2,1H3,(H,14,18)(H,15,19)/t7-,8-,9+,12+/m1/s1. The van der Waals surface area contributed by atoms with Gasteiger partial charge in [0.25, 0.3) is 5.91 Å². The monoisotopic (exact) mass is 388 g/mol. The lowest BCUT2D eigenvalue weighted by Crippen LogP contribution is -2.56. The molecule has 0 radical (unpaired) electrons. The molecule has 3 N–H and O–H groups in total. The molecule has 3 amide bonds. The van der Waals surface area contributed by atoms with E-state index in [2.05, 4.69) is 33.2 Å². The zero-order valence-corrected chi connectivity index (χ0v) is 12.8. The molecule has 20 heavy (non-hydrogen) atoms. The van der Waals surface area contributed by atoms with Crippen molar-refractivity contribution in [1.82, 2.24) is 20.1 Å². The zero-order valence-electron chi connectivity index (χ0n) is 10.6. The van der Waals surface area contributed by atoms with E-state index >= 15 is 0 Å². The average molecular weight is 388 g/mol. The maximum absolute atomic E-state index is 12.2. The third-order valence-corrected chi connectivity index (χ3v) is 5.24. The molecule has 0 bridgehead atoms. The molecule has 7 nitrogen and oxygen atoms in total. The zero-order chi connectivity index (χ0) is 14.2. The Balaban J connectivity index is 1.81. The van der Waals surface area contributed by atoms with Crippen LogP contribution in [0.1, 0.15) is 23.0 Å². The second-order valence-electron chi connectivity index (χ2n) is 5.59. The Labute approximate surface area is 128 Å². The Morgan fingerprint density at radius 2 is 2.20 bits per heavy atom. The van der Waals surface area contributed by atoms with Crippen LogP contribution in [0.2, 0.25) is 0 Å². The van der Waals surface area contributed by atoms with Crippen LogP contribution in [0, 0.1) is 3.57 Å². The van der Waals surface area contributed by atoms with Gasteiger partial charge in [0, 0.05) is 23.2 Å². The van der Waals surface area contributed by atoms with Gasteiger partial charge >= 0.3 is 6.03 Å². The Bertz CT molecular complexity index is 645. The number of hydrogen-bond acceptors (Lipinski definition) is 3. The Morgan fingerprint density at radius 3 is 2.95 bits per heavy atom. The fraction of sp³-hybridized carbons (Fsp3) is 0.500. The first-order chi connectivity index (χ1) is 9.41. The van der Waals surface area contributed by atoms with Crippen molar-refractivity contribution in [2.24, 2.45) is 0 Å². The number of rotatable bonds is 0. The van der Waals surface area contributed by atoms with E-state index in [0.29, 0.717) is 12.1 Å². The molecule has 3 aliphatic rings. The van der Waals surface area contributed by atoms with Crippen molar-refractivity contribution in [3.63, 3.8) is 0 Å². The molecule has 1 aliphatic carbocycles. The maximum atomic E-state index is 12.2. The minimum Gasteiger partial charge on any atom is -0.368 e. The van der Waals surface area contributed by atoms with Gasteiger partial charge in [-0.15, -0.1) is 0 Å². The molecule has 0 spiro atoms. The number of nitrogens with one attached hydrogen (secondary N) is 2. The Hall–Kier alpha value is -1.29. The molecule has 1 saturated heterocycles. The van der Waals surface area contributed by atoms with Gasteiger partial charge in [-0.2, -0.15) is 0 Å². The molecule has 1 aromatic rings. The van der Waals surface area contributed by atoms with E-state index in [0.717, 1.165) is 3.57 Å². The summed E-state index contributed by atoms with van der Waals surface area (Å²) in [6.07, 6.45) is 2.31. The van der Waals surface area contributed by atoms with Gasteiger partial charge in [-0.3, -0.25) is 9.69 Å². The van der Waals surface area contributed by atoms with Crippen molar-refractivity contribution < 1.29 is 14.7 Å². The number of amides is 3. The first-order valence-corrected chi connectivity index (χ1v) is 7.44. The summed E-state index contributed by atoms with van der Waals surface area (Å²) in [5.74, 6) is -0.165. The van der Waals surface area contributed by atoms with Gasteiger partial charge < -0.3 is 20.3 Å². The van der Waals surface area contributed by atoms with E-state index in [1.54, 1.807) is 7.05 Å². The van der Waals surface area contributed by atoms with Gasteiger partial charge in [0.1, 0.15) is 11.7 Å². The highest BCUT2D eigenvalue weighted by molar-refractivity contribution is 14.1. The number of halogens is 1. The molecule has 1 aromatic heterocycles. The molecule has 106 valence electrons. The highest BCUT2D eigenvalue weighted by atomic mass is 127. The van der Waals surface area contributed by atoms with Crippen LogP contribution in [0.25, 0.3) is 0 Å². The summed E-state index contributed by atoms with van der Waals surface area (Å²) in [5.41, 5.74) is -0.648. The van der Waals surface area contributed by atoms with Crippen LogP contribution in [-0.4, -0.2) is 51.4 Å². The largest absolute Gasteiger partial charge is 0.368 e. The Morgan fingerprint density at radius 1 is 1.45 bits per heavy atom. The summed E-state index contributed by atoms with van der Waals surface area (Å²) in [5, 5.41) is 16.5. The van der Waals surface area contributed by atoms with E-state index in [4.69, 9.17) is 0 Å². The number of nitrogens with zero attached hydrogens (tertiary/aromatic N) is 2. The molecule has 2 aliphatic heterocycles. The maximum Gasteiger partial charge on any atom is 0.319 e. The molecular weight excluding hydrogens is 375 g/mol. The van der Waals surface area contributed by atoms with Crippen molar-refractivity contribution in [3.8, 4) is 0 Å². The summed E-state index contributed by atoms with van der Waals surface area (Å²) in [6.45, 7) is 0. The van der Waals surface area contributed by atoms with Crippen LogP contribution < -0.4 is 10.6 Å². The lowest BCUT2D eigenvalue weighted by molar-refractivity contribution is -0.0561. The second kappa shape index (κ2) is 3.67. The van der Waals surface area contributed by atoms with Crippen LogP contribution >= 0.6 is 22.6 Å². The lowest BCUT2D eigenvalue weighted by atomic mass is 10.1. The summed E-state index contributed by atoms with van der Waals surface area (Å²) < 4.78 is 2.90. The average Bonchev–Trinajstić information content (AvgIpc) is 2.96. The van der Waals surface area contributed by atoms with Crippen LogP contribution in [0.15, 0.2) is 12.3 Å². The van der Waals surface area contributed by atoms with Gasteiger partial charge in [-0.1, -0.05) is 0 Å². The van der Waals surface area contributed by atoms with Crippen LogP contribution in [0.5, 0.6) is 0 Å². The quantitative estimate of drug-likeness (QED) is 0.541. The van der Waals surface area contributed by atoms with Crippen molar-refractivity contribution >= 4 is 34.5 Å². The van der Waals surface area contributed by atoms with Gasteiger partial charge in [0.05, 0.1) is 12.1 Å². The first-order valence-electron chi connectivity index (χ1n) is 6.37. The predicted octanol–water partition coefficient (Wildman–Crippen LogP) is -0.138. The van der Waals surface area contributed by atoms with E-state index in [-0.39, 0.29) is 24.0 Å². The van der Waals surface area contributed by atoms with E-state index < -0.39 is 11.8 Å². The van der Waals surface area contributed by atoms with Crippen LogP contribution in [0.4, 0.5) is 4.79 Å². The summed E-state index contributed by atoms with van der Waals surface area (Å²) >= 11 is 2.17. The summed E-state index contributed by atoms with van der Waals surface area (Å²) in [4.78, 5) is 25.2. The Kier molecular flexibility index (Phi) is 2.28. The number of likely N-dealkylation sites (N-methyl/N-ethyl adjacent to an activating group) is 1. The van der Waals surface area contributed by atoms with Gasteiger partial charge in [-0.25, -0.2) is 4.79 Å². The lowest BCUT2D eigenvalue weighted by Gasteiger charge is -2.31. The minimum atomic E-state index is -1.25. The van der Waals surface area contributed by atoms with Crippen LogP contribution in [-0.2, 0) is 0 Å². The summed E-state index contributed by atoms with van der Waals surface area (Å²) in [7, 11) is 1.58. The van der Waals surface area contributed by atoms with Crippen molar-refractivity contribution in [3.05, 3.63) is 21.5 Å². The molecule has 4 atom stereocenters. The first kappa shape index (κ1) is 12.5. The molecule has 4 rings (SSSR count). The second-order valence-corrected chi connectivity index (χ2v) is 6.83. The van der Waals surface area contributed by atoms with Gasteiger partial charge in [0.15, 0.2) is 5.72 Å². The number of aliphatic hydroxyl groups is 1. The normalized spacial score (nSPS) is 38.1. The number of carbonyl (C=O) groups excluding carboxylic acids is 2. The molecule has 1 saturated carbocycles. The number of fused-ring (bicyclic) bond motifs is 5. The number of carbonyl (C=O) groups is 2. The van der Waals surface area contributed by atoms with E-state index in [1.807, 2.05) is 16.8 Å². The molecule has 2 fully saturated rings. The number of aromatic nitrogens is 1. The predicted molar refractivity (Wildman–Crippen MR) is 77.1 cm³/mol. The molecule has 8 heteroatoms. The van der Waals surface area contributed by atoms with E-state index in [1.165, 1.54) is 4.90 Å². The van der Waals surface area contributed by atoms with Crippen molar-refractivity contribution in [2.45, 2.75) is 30.3 Å². The minimum absolute atomic E-state index is 0.0516. The van der Waals surface area contributed by atoms with Crippen molar-refractivity contribution in [1.29, 1.82) is 0 Å². The van der Waals surface area contributed by atoms with Crippen molar-refractivity contribution in [2.75, 3.05) is 7.05 Å². The highest BCUT2D eigenvalue weighted by Gasteiger charge is 2.63. The van der Waals surface area contributed by atoms with E-state index in [9.17, 15) is 14.7 Å². The topological polar surface area (TPSA) is 86.6 Å².